The van der Waals surface area contributed by atoms with Crippen LogP contribution in [-0.2, 0) is 17.6 Å². The maximum absolute atomic E-state index is 12.8. The van der Waals surface area contributed by atoms with Crippen LogP contribution in [0, 0.1) is 0 Å². The second-order valence-electron chi connectivity index (χ2n) is 8.68. The number of carbonyl (C=O) groups excluding carboxylic acids is 1. The van der Waals surface area contributed by atoms with Crippen molar-refractivity contribution >= 4 is 29.1 Å². The SMILES string of the molecule is CC1CCC(c2nc3c([nH]2)CCc2cc(OI)ccc2-3)N1C(=O)OC(C)(C)C. The Hall–Kier alpha value is -1.77. The van der Waals surface area contributed by atoms with E-state index in [1.54, 1.807) is 0 Å². The fourth-order valence-corrected chi connectivity index (χ4v) is 4.46. The molecule has 6 nitrogen and oxygen atoms in total. The molecule has 1 aromatic carbocycles. The van der Waals surface area contributed by atoms with Gasteiger partial charge in [0.05, 0.1) is 11.7 Å². The first-order valence-electron chi connectivity index (χ1n) is 9.79. The van der Waals surface area contributed by atoms with Gasteiger partial charge in [-0.15, -0.1) is 0 Å². The molecule has 1 aliphatic heterocycles. The molecule has 1 fully saturated rings. The van der Waals surface area contributed by atoms with E-state index in [4.69, 9.17) is 12.8 Å². The third kappa shape index (κ3) is 3.60. The van der Waals surface area contributed by atoms with E-state index in [1.807, 2.05) is 54.7 Å². The lowest BCUT2D eigenvalue weighted by molar-refractivity contribution is 0.0151. The molecule has 2 aromatic rings. The van der Waals surface area contributed by atoms with E-state index in [0.717, 1.165) is 54.2 Å². The summed E-state index contributed by atoms with van der Waals surface area (Å²) in [4.78, 5) is 23.1. The molecular weight excluding hydrogens is 469 g/mol. The molecule has 1 N–H and O–H groups in total. The quantitative estimate of drug-likeness (QED) is 0.570. The van der Waals surface area contributed by atoms with Crippen LogP contribution in [0.4, 0.5) is 4.79 Å². The number of imidazole rings is 1. The lowest BCUT2D eigenvalue weighted by Crippen LogP contribution is -2.40. The summed E-state index contributed by atoms with van der Waals surface area (Å²) in [6, 6.07) is 6.20. The van der Waals surface area contributed by atoms with Crippen LogP contribution in [0.1, 0.15) is 63.7 Å². The zero-order valence-corrected chi connectivity index (χ0v) is 18.9. The van der Waals surface area contributed by atoms with Crippen molar-refractivity contribution in [3.8, 4) is 17.0 Å². The highest BCUT2D eigenvalue weighted by atomic mass is 127. The molecule has 1 aliphatic carbocycles. The van der Waals surface area contributed by atoms with E-state index in [1.165, 1.54) is 5.56 Å². The van der Waals surface area contributed by atoms with Gasteiger partial charge in [0.25, 0.3) is 0 Å². The van der Waals surface area contributed by atoms with Gasteiger partial charge in [-0.3, -0.25) is 4.90 Å². The maximum atomic E-state index is 12.8. The van der Waals surface area contributed by atoms with Gasteiger partial charge in [0, 0.05) is 17.3 Å². The minimum absolute atomic E-state index is 0.0733. The van der Waals surface area contributed by atoms with Gasteiger partial charge in [-0.1, -0.05) is 0 Å². The van der Waals surface area contributed by atoms with Crippen molar-refractivity contribution in [3.05, 3.63) is 35.3 Å². The number of aryl methyl sites for hydroxylation is 2. The topological polar surface area (TPSA) is 67.5 Å². The molecule has 2 atom stereocenters. The summed E-state index contributed by atoms with van der Waals surface area (Å²) in [7, 11) is 0. The third-order valence-electron chi connectivity index (χ3n) is 5.45. The number of rotatable bonds is 2. The Kier molecular flexibility index (Phi) is 5.05. The molecule has 2 heterocycles. The summed E-state index contributed by atoms with van der Waals surface area (Å²) in [6.45, 7) is 7.78. The fraction of sp³-hybridized carbons (Fsp3) is 0.524. The van der Waals surface area contributed by atoms with Crippen LogP contribution in [0.2, 0.25) is 0 Å². The Morgan fingerprint density at radius 3 is 2.79 bits per heavy atom. The first kappa shape index (κ1) is 19.5. The minimum Gasteiger partial charge on any atom is -0.444 e. The number of aromatic nitrogens is 2. The molecule has 1 amide bonds. The van der Waals surface area contributed by atoms with Crippen molar-refractivity contribution in [3.63, 3.8) is 0 Å². The minimum atomic E-state index is -0.510. The number of likely N-dealkylation sites (tertiary alicyclic amines) is 1. The third-order valence-corrected chi connectivity index (χ3v) is 5.96. The number of nitrogens with zero attached hydrogens (tertiary/aromatic N) is 2. The lowest BCUT2D eigenvalue weighted by atomic mass is 9.92. The van der Waals surface area contributed by atoms with Crippen molar-refractivity contribution in [1.82, 2.24) is 14.9 Å². The summed E-state index contributed by atoms with van der Waals surface area (Å²) in [6.07, 6.45) is 3.44. The number of hydrogen-bond donors (Lipinski definition) is 1. The van der Waals surface area contributed by atoms with E-state index in [0.29, 0.717) is 0 Å². The van der Waals surface area contributed by atoms with Gasteiger partial charge < -0.3 is 12.8 Å². The Morgan fingerprint density at radius 1 is 1.29 bits per heavy atom. The van der Waals surface area contributed by atoms with Crippen LogP contribution in [0.15, 0.2) is 18.2 Å². The number of carbonyl (C=O) groups is 1. The molecule has 1 saturated heterocycles. The van der Waals surface area contributed by atoms with Crippen LogP contribution in [0.5, 0.6) is 5.75 Å². The predicted molar refractivity (Wildman–Crippen MR) is 116 cm³/mol. The van der Waals surface area contributed by atoms with Crippen LogP contribution < -0.4 is 3.07 Å². The van der Waals surface area contributed by atoms with Gasteiger partial charge in [-0.05, 0) is 77.1 Å². The van der Waals surface area contributed by atoms with E-state index in [-0.39, 0.29) is 18.2 Å². The van der Waals surface area contributed by atoms with E-state index in [9.17, 15) is 4.79 Å². The van der Waals surface area contributed by atoms with Crippen molar-refractivity contribution in [2.45, 2.75) is 71.1 Å². The smallest absolute Gasteiger partial charge is 0.411 e. The molecule has 2 unspecified atom stereocenters. The maximum Gasteiger partial charge on any atom is 0.411 e. The first-order valence-corrected chi connectivity index (χ1v) is 10.7. The highest BCUT2D eigenvalue weighted by molar-refractivity contribution is 14.1. The number of aromatic amines is 1. The molecule has 150 valence electrons. The summed E-state index contributed by atoms with van der Waals surface area (Å²) >= 11 is 1.91. The van der Waals surface area contributed by atoms with Gasteiger partial charge in [0.2, 0.25) is 0 Å². The molecule has 1 aromatic heterocycles. The summed E-state index contributed by atoms with van der Waals surface area (Å²) in [5.41, 5.74) is 4.04. The normalized spacial score (nSPS) is 21.2. The van der Waals surface area contributed by atoms with Crippen molar-refractivity contribution in [2.75, 3.05) is 0 Å². The number of halogens is 1. The van der Waals surface area contributed by atoms with Crippen LogP contribution in [0.25, 0.3) is 11.3 Å². The number of nitrogens with one attached hydrogen (secondary N) is 1. The standard InChI is InChI=1S/C21H26IN3O3/c1-12-5-10-17(25(12)20(26)27-21(2,3)4)19-23-16-9-6-13-11-14(28-22)7-8-15(13)18(16)24-19/h7-8,11-12,17H,5-6,9-10H2,1-4H3,(H,23,24). The number of fused-ring (bicyclic) bond motifs is 3. The zero-order valence-electron chi connectivity index (χ0n) is 16.7. The monoisotopic (exact) mass is 495 g/mol. The molecule has 7 heteroatoms. The molecule has 0 radical (unpaired) electrons. The van der Waals surface area contributed by atoms with Gasteiger partial charge in [-0.25, -0.2) is 9.78 Å². The molecule has 2 aliphatic rings. The molecule has 0 bridgehead atoms. The highest BCUT2D eigenvalue weighted by Gasteiger charge is 2.40. The van der Waals surface area contributed by atoms with E-state index in [2.05, 4.69) is 24.0 Å². The van der Waals surface area contributed by atoms with E-state index >= 15 is 0 Å². The Balaban J connectivity index is 1.65. The average molecular weight is 495 g/mol. The lowest BCUT2D eigenvalue weighted by Gasteiger charge is -2.30. The van der Waals surface area contributed by atoms with Crippen LogP contribution in [0.3, 0.4) is 0 Å². The van der Waals surface area contributed by atoms with Gasteiger partial charge in [0.15, 0.2) is 23.0 Å². The van der Waals surface area contributed by atoms with Crippen molar-refractivity contribution < 1.29 is 12.6 Å². The summed E-state index contributed by atoms with van der Waals surface area (Å²) in [5, 5.41) is 0. The summed E-state index contributed by atoms with van der Waals surface area (Å²) in [5.74, 6) is 1.72. The largest absolute Gasteiger partial charge is 0.444 e. The second kappa shape index (κ2) is 7.24. The number of hydrogen-bond acceptors (Lipinski definition) is 4. The molecule has 4 rings (SSSR count). The fourth-order valence-electron chi connectivity index (χ4n) is 4.18. The second-order valence-corrected chi connectivity index (χ2v) is 9.12. The zero-order chi connectivity index (χ0) is 20.1. The number of H-pyrrole nitrogens is 1. The first-order chi connectivity index (χ1) is 13.3. The molecule has 0 spiro atoms. The molecule has 0 saturated carbocycles. The highest BCUT2D eigenvalue weighted by Crippen LogP contribution is 2.40. The van der Waals surface area contributed by atoms with Gasteiger partial charge in [0.1, 0.15) is 17.2 Å². The Labute approximate surface area is 179 Å². The molecule has 28 heavy (non-hydrogen) atoms. The van der Waals surface area contributed by atoms with Crippen molar-refractivity contribution in [2.24, 2.45) is 0 Å². The van der Waals surface area contributed by atoms with Crippen LogP contribution in [-0.4, -0.2) is 32.6 Å². The molecular formula is C21H26IN3O3. The summed E-state index contributed by atoms with van der Waals surface area (Å²) < 4.78 is 11.0. The number of amides is 1. The van der Waals surface area contributed by atoms with Crippen molar-refractivity contribution in [1.29, 1.82) is 0 Å². The van der Waals surface area contributed by atoms with Gasteiger partial charge >= 0.3 is 6.09 Å². The van der Waals surface area contributed by atoms with Gasteiger partial charge in [-0.2, -0.15) is 0 Å². The number of ether oxygens (including phenoxy) is 1. The Morgan fingerprint density at radius 2 is 2.07 bits per heavy atom. The van der Waals surface area contributed by atoms with Crippen LogP contribution >= 0.6 is 23.0 Å². The Bertz CT molecular complexity index is 903. The number of benzene rings is 1. The predicted octanol–water partition coefficient (Wildman–Crippen LogP) is 5.36. The average Bonchev–Trinajstić information content (AvgIpc) is 3.22. The van der Waals surface area contributed by atoms with E-state index < -0.39 is 5.60 Å².